The van der Waals surface area contributed by atoms with Crippen LogP contribution in [0.1, 0.15) is 43.9 Å². The van der Waals surface area contributed by atoms with Crippen LogP contribution in [0, 0.1) is 6.92 Å². The van der Waals surface area contributed by atoms with E-state index in [1.54, 1.807) is 28.6 Å². The molecule has 1 atom stereocenters. The van der Waals surface area contributed by atoms with Gasteiger partial charge in [0.25, 0.3) is 10.0 Å². The lowest BCUT2D eigenvalue weighted by atomic mass is 9.66. The minimum absolute atomic E-state index is 0.292. The van der Waals surface area contributed by atoms with Crippen molar-refractivity contribution in [2.45, 2.75) is 50.0 Å². The Labute approximate surface area is 187 Å². The molecule has 30 heavy (non-hydrogen) atoms. The van der Waals surface area contributed by atoms with E-state index < -0.39 is 15.6 Å². The van der Waals surface area contributed by atoms with Gasteiger partial charge in [-0.1, -0.05) is 70.9 Å². The summed E-state index contributed by atoms with van der Waals surface area (Å²) in [5.41, 5.74) is 3.30. The number of nitrogens with zero attached hydrogens (tertiary/aromatic N) is 1. The van der Waals surface area contributed by atoms with E-state index in [4.69, 9.17) is 0 Å². The highest BCUT2D eigenvalue weighted by molar-refractivity contribution is 9.10. The number of hydrogen-bond acceptors (Lipinski definition) is 2. The van der Waals surface area contributed by atoms with Gasteiger partial charge in [-0.15, -0.1) is 0 Å². The normalized spacial score (nSPS) is 20.6. The van der Waals surface area contributed by atoms with E-state index in [1.165, 1.54) is 11.1 Å². The Bertz CT molecular complexity index is 1180. The fourth-order valence-electron chi connectivity index (χ4n) is 4.82. The molecule has 0 radical (unpaired) electrons. The predicted octanol–water partition coefficient (Wildman–Crippen LogP) is 6.44. The molecule has 0 N–H and O–H groups in total. The maximum atomic E-state index is 13.8. The van der Waals surface area contributed by atoms with Gasteiger partial charge in [-0.2, -0.15) is 0 Å². The smallest absolute Gasteiger partial charge is 0.260 e. The third kappa shape index (κ3) is 3.38. The molecule has 0 amide bonds. The van der Waals surface area contributed by atoms with Gasteiger partial charge in [-0.3, -0.25) is 4.31 Å². The van der Waals surface area contributed by atoms with Crippen LogP contribution < -0.4 is 4.31 Å². The number of hydrogen-bond donors (Lipinski definition) is 0. The number of benzene rings is 3. The molecule has 1 aliphatic rings. The summed E-state index contributed by atoms with van der Waals surface area (Å²) in [6.45, 7) is 8.34. The quantitative estimate of drug-likeness (QED) is 0.429. The molecule has 1 unspecified atom stereocenters. The minimum atomic E-state index is -3.73. The highest BCUT2D eigenvalue weighted by Gasteiger charge is 2.49. The van der Waals surface area contributed by atoms with Gasteiger partial charge in [-0.05, 0) is 68.7 Å². The monoisotopic (exact) mass is 483 g/mol. The minimum Gasteiger partial charge on any atom is -0.260 e. The predicted molar refractivity (Wildman–Crippen MR) is 127 cm³/mol. The topological polar surface area (TPSA) is 37.4 Å². The van der Waals surface area contributed by atoms with Crippen molar-refractivity contribution in [3.05, 3.63) is 94.0 Å². The Hall–Kier alpha value is -2.11. The van der Waals surface area contributed by atoms with Crippen molar-refractivity contribution < 1.29 is 8.42 Å². The molecule has 4 rings (SSSR count). The van der Waals surface area contributed by atoms with Gasteiger partial charge in [-0.25, -0.2) is 8.42 Å². The van der Waals surface area contributed by atoms with E-state index in [0.29, 0.717) is 11.3 Å². The van der Waals surface area contributed by atoms with Crippen LogP contribution >= 0.6 is 15.9 Å². The highest BCUT2D eigenvalue weighted by Crippen LogP contribution is 2.52. The van der Waals surface area contributed by atoms with E-state index >= 15 is 0 Å². The number of fused-ring (bicyclic) bond motifs is 1. The van der Waals surface area contributed by atoms with Gasteiger partial charge in [0.15, 0.2) is 0 Å². The van der Waals surface area contributed by atoms with Crippen LogP contribution in [0.4, 0.5) is 5.69 Å². The molecular formula is C25H26BrNO2S. The Kier molecular flexibility index (Phi) is 5.10. The van der Waals surface area contributed by atoms with Crippen molar-refractivity contribution in [1.29, 1.82) is 0 Å². The molecule has 0 fully saturated rings. The third-order valence-corrected chi connectivity index (χ3v) is 8.66. The number of rotatable bonds is 3. The van der Waals surface area contributed by atoms with Gasteiger partial charge in [0.2, 0.25) is 0 Å². The second-order valence-corrected chi connectivity index (χ2v) is 11.6. The molecule has 0 aromatic heterocycles. The van der Waals surface area contributed by atoms with Gasteiger partial charge >= 0.3 is 0 Å². The van der Waals surface area contributed by atoms with Crippen molar-refractivity contribution in [1.82, 2.24) is 0 Å². The molecule has 0 spiro atoms. The summed E-state index contributed by atoms with van der Waals surface area (Å²) in [4.78, 5) is 0.299. The molecule has 0 bridgehead atoms. The summed E-state index contributed by atoms with van der Waals surface area (Å²) >= 11 is 3.39. The molecular weight excluding hydrogens is 458 g/mol. The fourth-order valence-corrected chi connectivity index (χ4v) is 6.91. The van der Waals surface area contributed by atoms with Gasteiger partial charge in [0.05, 0.1) is 16.1 Å². The van der Waals surface area contributed by atoms with E-state index in [0.717, 1.165) is 15.7 Å². The summed E-state index contributed by atoms with van der Waals surface area (Å²) in [6.07, 6.45) is 0.676. The van der Waals surface area contributed by atoms with Crippen molar-refractivity contribution in [2.75, 3.05) is 4.31 Å². The van der Waals surface area contributed by atoms with Crippen LogP contribution in [-0.4, -0.2) is 14.0 Å². The molecule has 0 saturated heterocycles. The molecule has 0 saturated carbocycles. The summed E-state index contributed by atoms with van der Waals surface area (Å²) in [7, 11) is -3.73. The van der Waals surface area contributed by atoms with Crippen LogP contribution in [0.5, 0.6) is 0 Å². The molecule has 3 aromatic rings. The van der Waals surface area contributed by atoms with Crippen LogP contribution in [0.25, 0.3) is 0 Å². The zero-order valence-electron chi connectivity index (χ0n) is 17.7. The van der Waals surface area contributed by atoms with Gasteiger partial charge < -0.3 is 0 Å². The summed E-state index contributed by atoms with van der Waals surface area (Å²) < 4.78 is 30.0. The zero-order chi connectivity index (χ0) is 21.7. The maximum absolute atomic E-state index is 13.8. The van der Waals surface area contributed by atoms with E-state index in [1.807, 2.05) is 32.0 Å². The van der Waals surface area contributed by atoms with Crippen molar-refractivity contribution in [3.8, 4) is 0 Å². The van der Waals surface area contributed by atoms with Crippen LogP contribution in [-0.2, 0) is 15.4 Å². The zero-order valence-corrected chi connectivity index (χ0v) is 20.1. The standard InChI is InChI=1S/C25H26BrNO2S/c1-18-9-11-19(12-10-18)25(4)17-24(2,3)27(23-8-6-5-7-22(23)25)30(28,29)21-15-13-20(26)14-16-21/h5-16H,17H2,1-4H3. The van der Waals surface area contributed by atoms with Crippen molar-refractivity contribution >= 4 is 31.6 Å². The first kappa shape index (κ1) is 21.1. The number of halogens is 1. The highest BCUT2D eigenvalue weighted by atomic mass is 79.9. The number of anilines is 1. The Balaban J connectivity index is 1.93. The van der Waals surface area contributed by atoms with E-state index in [2.05, 4.69) is 60.1 Å². The molecule has 1 heterocycles. The Morgan fingerprint density at radius 1 is 0.867 bits per heavy atom. The molecule has 1 aliphatic heterocycles. The van der Waals surface area contributed by atoms with E-state index in [9.17, 15) is 8.42 Å². The lowest BCUT2D eigenvalue weighted by Gasteiger charge is -2.51. The molecule has 3 nitrogen and oxygen atoms in total. The first-order chi connectivity index (χ1) is 14.1. The first-order valence-electron chi connectivity index (χ1n) is 10.0. The van der Waals surface area contributed by atoms with E-state index in [-0.39, 0.29) is 5.41 Å². The Morgan fingerprint density at radius 3 is 2.10 bits per heavy atom. The second-order valence-electron chi connectivity index (χ2n) is 8.93. The summed E-state index contributed by atoms with van der Waals surface area (Å²) in [5, 5.41) is 0. The average molecular weight is 484 g/mol. The molecule has 5 heteroatoms. The third-order valence-electron chi connectivity index (χ3n) is 6.09. The summed E-state index contributed by atoms with van der Waals surface area (Å²) in [5.74, 6) is 0. The molecule has 0 aliphatic carbocycles. The Morgan fingerprint density at radius 2 is 1.47 bits per heavy atom. The van der Waals surface area contributed by atoms with Crippen LogP contribution in [0.2, 0.25) is 0 Å². The lowest BCUT2D eigenvalue weighted by molar-refractivity contribution is 0.351. The fraction of sp³-hybridized carbons (Fsp3) is 0.280. The van der Waals surface area contributed by atoms with Crippen molar-refractivity contribution in [3.63, 3.8) is 0 Å². The number of sulfonamides is 1. The largest absolute Gasteiger partial charge is 0.264 e. The van der Waals surface area contributed by atoms with Gasteiger partial charge in [0, 0.05) is 9.89 Å². The molecule has 156 valence electrons. The second kappa shape index (κ2) is 7.24. The van der Waals surface area contributed by atoms with Crippen molar-refractivity contribution in [2.24, 2.45) is 0 Å². The lowest BCUT2D eigenvalue weighted by Crippen LogP contribution is -2.55. The van der Waals surface area contributed by atoms with Gasteiger partial charge in [0.1, 0.15) is 0 Å². The summed E-state index contributed by atoms with van der Waals surface area (Å²) in [6, 6.07) is 23.3. The first-order valence-corrected chi connectivity index (χ1v) is 12.3. The molecule has 3 aromatic carbocycles. The van der Waals surface area contributed by atoms with Crippen LogP contribution in [0.3, 0.4) is 0 Å². The number of para-hydroxylation sites is 1. The van der Waals surface area contributed by atoms with Crippen LogP contribution in [0.15, 0.2) is 82.2 Å². The maximum Gasteiger partial charge on any atom is 0.264 e. The average Bonchev–Trinajstić information content (AvgIpc) is 2.68. The number of aryl methyl sites for hydroxylation is 1. The SMILES string of the molecule is Cc1ccc(C2(C)CC(C)(C)N(S(=O)(=O)c3ccc(Br)cc3)c3ccccc32)cc1.